The first-order valence-electron chi connectivity index (χ1n) is 12.6. The molecule has 0 aromatic carbocycles. The number of aromatic nitrogens is 8. The molecule has 5 aromatic rings. The van der Waals surface area contributed by atoms with Crippen LogP contribution in [-0.4, -0.2) is 45.8 Å². The van der Waals surface area contributed by atoms with Crippen molar-refractivity contribution in [2.24, 2.45) is 0 Å². The highest BCUT2D eigenvalue weighted by Gasteiger charge is 2.17. The molecule has 1 atom stereocenters. The van der Waals surface area contributed by atoms with Gasteiger partial charge in [-0.1, -0.05) is 6.07 Å². The molecule has 0 saturated heterocycles. The van der Waals surface area contributed by atoms with Gasteiger partial charge in [0.05, 0.1) is 11.7 Å². The van der Waals surface area contributed by atoms with Crippen LogP contribution in [-0.2, 0) is 0 Å². The normalized spacial score (nSPS) is 11.8. The molecule has 11 nitrogen and oxygen atoms in total. The molecular formula is C28H30N10O. The summed E-state index contributed by atoms with van der Waals surface area (Å²) in [6.45, 7) is 11.5. The molecule has 0 aliphatic heterocycles. The molecule has 5 aromatic heterocycles. The lowest BCUT2D eigenvalue weighted by Gasteiger charge is -2.15. The van der Waals surface area contributed by atoms with E-state index in [1.54, 1.807) is 17.1 Å². The molecule has 0 aliphatic rings. The van der Waals surface area contributed by atoms with E-state index in [0.29, 0.717) is 28.7 Å². The van der Waals surface area contributed by atoms with Crippen molar-refractivity contribution in [1.29, 1.82) is 0 Å². The Hall–Kier alpha value is -4.93. The van der Waals surface area contributed by atoms with E-state index in [1.807, 2.05) is 77.9 Å². The van der Waals surface area contributed by atoms with E-state index in [0.717, 1.165) is 39.7 Å². The average molecular weight is 523 g/mol. The fraction of sp³-hybridized carbons (Fsp3) is 0.250. The molecule has 1 amide bonds. The van der Waals surface area contributed by atoms with Gasteiger partial charge < -0.3 is 10.6 Å². The summed E-state index contributed by atoms with van der Waals surface area (Å²) in [6.07, 6.45) is 3.37. The lowest BCUT2D eigenvalue weighted by Crippen LogP contribution is -2.28. The first kappa shape index (κ1) is 25.7. The zero-order valence-corrected chi connectivity index (χ0v) is 22.7. The van der Waals surface area contributed by atoms with Crippen molar-refractivity contribution < 1.29 is 4.79 Å². The third-order valence-electron chi connectivity index (χ3n) is 6.21. The summed E-state index contributed by atoms with van der Waals surface area (Å²) in [6, 6.07) is 11.2. The third-order valence-corrected chi connectivity index (χ3v) is 6.21. The Morgan fingerprint density at radius 2 is 1.74 bits per heavy atom. The van der Waals surface area contributed by atoms with E-state index >= 15 is 0 Å². The number of pyridine rings is 2. The van der Waals surface area contributed by atoms with Crippen molar-refractivity contribution in [3.63, 3.8) is 0 Å². The molecule has 5 rings (SSSR count). The fourth-order valence-electron chi connectivity index (χ4n) is 4.30. The van der Waals surface area contributed by atoms with Gasteiger partial charge in [0.1, 0.15) is 11.5 Å². The summed E-state index contributed by atoms with van der Waals surface area (Å²) in [5.41, 5.74) is 6.33. The van der Waals surface area contributed by atoms with E-state index in [9.17, 15) is 4.79 Å². The maximum Gasteiger partial charge on any atom is 0.270 e. The van der Waals surface area contributed by atoms with E-state index < -0.39 is 0 Å². The number of nitrogens with zero attached hydrogens (tertiary/aromatic N) is 7. The van der Waals surface area contributed by atoms with Crippen molar-refractivity contribution >= 4 is 17.5 Å². The summed E-state index contributed by atoms with van der Waals surface area (Å²) in [4.78, 5) is 31.3. The minimum absolute atomic E-state index is 0.264. The van der Waals surface area contributed by atoms with E-state index in [1.165, 1.54) is 0 Å². The number of aryl methyl sites for hydroxylation is 5. The Morgan fingerprint density at radius 3 is 2.38 bits per heavy atom. The molecule has 0 fully saturated rings. The first-order chi connectivity index (χ1) is 18.7. The first-order valence-corrected chi connectivity index (χ1v) is 12.6. The van der Waals surface area contributed by atoms with Crippen molar-refractivity contribution in [2.45, 2.75) is 47.6 Å². The van der Waals surface area contributed by atoms with Crippen LogP contribution in [0.15, 0.2) is 48.8 Å². The predicted molar refractivity (Wildman–Crippen MR) is 148 cm³/mol. The summed E-state index contributed by atoms with van der Waals surface area (Å²) in [7, 11) is 0. The van der Waals surface area contributed by atoms with Crippen molar-refractivity contribution in [1.82, 2.24) is 45.2 Å². The maximum absolute atomic E-state index is 13.1. The SMILES string of the molecule is Cc1cc(Nc2cc(C)[nH]n2)nc(-c2cnc(C(=O)NC(C)c3ccc(-n4nc(C)cc4C)nc3)c(C)c2)n1. The predicted octanol–water partition coefficient (Wildman–Crippen LogP) is 4.62. The lowest BCUT2D eigenvalue weighted by molar-refractivity contribution is 0.0934. The zero-order valence-electron chi connectivity index (χ0n) is 22.7. The van der Waals surface area contributed by atoms with E-state index in [2.05, 4.69) is 45.9 Å². The molecule has 0 spiro atoms. The Morgan fingerprint density at radius 1 is 0.923 bits per heavy atom. The quantitative estimate of drug-likeness (QED) is 0.281. The molecule has 11 heteroatoms. The van der Waals surface area contributed by atoms with Crippen LogP contribution in [0.5, 0.6) is 0 Å². The summed E-state index contributed by atoms with van der Waals surface area (Å²) in [5.74, 6) is 2.26. The van der Waals surface area contributed by atoms with Crippen molar-refractivity contribution in [3.05, 3.63) is 88.4 Å². The maximum atomic E-state index is 13.1. The van der Waals surface area contributed by atoms with Crippen LogP contribution in [0.3, 0.4) is 0 Å². The number of amides is 1. The average Bonchev–Trinajstić information content (AvgIpc) is 3.46. The van der Waals surface area contributed by atoms with Gasteiger partial charge >= 0.3 is 0 Å². The second-order valence-electron chi connectivity index (χ2n) is 9.65. The van der Waals surface area contributed by atoms with Crippen LogP contribution in [0.2, 0.25) is 0 Å². The molecule has 39 heavy (non-hydrogen) atoms. The summed E-state index contributed by atoms with van der Waals surface area (Å²) >= 11 is 0. The number of hydrogen-bond acceptors (Lipinski definition) is 8. The smallest absolute Gasteiger partial charge is 0.270 e. The van der Waals surface area contributed by atoms with Crippen LogP contribution in [0.1, 0.15) is 57.4 Å². The highest BCUT2D eigenvalue weighted by Crippen LogP contribution is 2.22. The zero-order chi connectivity index (χ0) is 27.7. The van der Waals surface area contributed by atoms with Gasteiger partial charge in [-0.15, -0.1) is 0 Å². The van der Waals surface area contributed by atoms with Gasteiger partial charge in [-0.2, -0.15) is 10.2 Å². The molecule has 0 bridgehead atoms. The minimum Gasteiger partial charge on any atom is -0.344 e. The molecule has 3 N–H and O–H groups in total. The van der Waals surface area contributed by atoms with Gasteiger partial charge in [0.2, 0.25) is 0 Å². The van der Waals surface area contributed by atoms with Crippen molar-refractivity contribution in [2.75, 3.05) is 5.32 Å². The Balaban J connectivity index is 1.30. The van der Waals surface area contributed by atoms with Crippen LogP contribution < -0.4 is 10.6 Å². The van der Waals surface area contributed by atoms with Gasteiger partial charge in [-0.3, -0.25) is 14.9 Å². The second-order valence-corrected chi connectivity index (χ2v) is 9.65. The Labute approximate surface area is 226 Å². The summed E-state index contributed by atoms with van der Waals surface area (Å²) < 4.78 is 1.80. The number of anilines is 2. The Kier molecular flexibility index (Phi) is 6.88. The number of carbonyl (C=O) groups excluding carboxylic acids is 1. The molecule has 198 valence electrons. The van der Waals surface area contributed by atoms with E-state index in [-0.39, 0.29) is 11.9 Å². The largest absolute Gasteiger partial charge is 0.344 e. The number of aromatic amines is 1. The van der Waals surface area contributed by atoms with Gasteiger partial charge in [-0.05, 0) is 70.9 Å². The van der Waals surface area contributed by atoms with Gasteiger partial charge in [0.25, 0.3) is 5.91 Å². The molecule has 5 heterocycles. The molecule has 0 aliphatic carbocycles. The van der Waals surface area contributed by atoms with Gasteiger partial charge in [0.15, 0.2) is 17.5 Å². The monoisotopic (exact) mass is 522 g/mol. The minimum atomic E-state index is -0.268. The molecule has 1 unspecified atom stereocenters. The number of nitrogens with one attached hydrogen (secondary N) is 3. The van der Waals surface area contributed by atoms with Crippen LogP contribution >= 0.6 is 0 Å². The highest BCUT2D eigenvalue weighted by atomic mass is 16.1. The fourth-order valence-corrected chi connectivity index (χ4v) is 4.30. The van der Waals surface area contributed by atoms with Gasteiger partial charge in [0, 0.05) is 47.2 Å². The lowest BCUT2D eigenvalue weighted by atomic mass is 10.1. The molecular weight excluding hydrogens is 492 g/mol. The highest BCUT2D eigenvalue weighted by molar-refractivity contribution is 5.94. The van der Waals surface area contributed by atoms with Crippen molar-refractivity contribution in [3.8, 4) is 17.2 Å². The molecule has 0 saturated carbocycles. The van der Waals surface area contributed by atoms with Crippen LogP contribution in [0, 0.1) is 34.6 Å². The third kappa shape index (κ3) is 5.66. The van der Waals surface area contributed by atoms with Crippen LogP contribution in [0.25, 0.3) is 17.2 Å². The number of H-pyrrole nitrogens is 1. The summed E-state index contributed by atoms with van der Waals surface area (Å²) in [5, 5.41) is 17.8. The van der Waals surface area contributed by atoms with Gasteiger partial charge in [-0.25, -0.2) is 19.6 Å². The Bertz CT molecular complexity index is 1650. The van der Waals surface area contributed by atoms with E-state index in [4.69, 9.17) is 0 Å². The topological polar surface area (TPSA) is 139 Å². The number of carbonyl (C=O) groups is 1. The second kappa shape index (κ2) is 10.4. The van der Waals surface area contributed by atoms with Crippen LogP contribution in [0.4, 0.5) is 11.6 Å². The number of hydrogen-bond donors (Lipinski definition) is 3. The molecule has 0 radical (unpaired) electrons. The number of rotatable bonds is 7. The standard InChI is InChI=1S/C28H30N10O/c1-15-9-22(27-31-16(2)11-23(34-27)33-24-12-17(3)35-36-24)14-30-26(15)28(39)32-20(6)21-7-8-25(29-13-21)38-19(5)10-18(4)37-38/h7-14,20H,1-6H3,(H,32,39)(H2,31,33,34,35,36).